The van der Waals surface area contributed by atoms with E-state index in [1.807, 2.05) is 0 Å². The number of halogens is 2. The third-order valence-corrected chi connectivity index (χ3v) is 3.80. The summed E-state index contributed by atoms with van der Waals surface area (Å²) in [4.78, 5) is 16.5. The van der Waals surface area contributed by atoms with Gasteiger partial charge in [-0.05, 0) is 54.6 Å². The first-order chi connectivity index (χ1) is 12.6. The minimum absolute atomic E-state index is 0.214. The number of rotatable bonds is 3. The standard InChI is InChI=1S/C20H12F2N2O2/c21-14-5-1-3-12(9-14)19(25)23-16-7-8-18-17(11-16)24-20(26-18)13-4-2-6-15(22)10-13/h1-11H,(H,23,25). The van der Waals surface area contributed by atoms with Crippen LogP contribution in [0.4, 0.5) is 14.5 Å². The third-order valence-electron chi connectivity index (χ3n) is 3.80. The second-order valence-electron chi connectivity index (χ2n) is 5.68. The van der Waals surface area contributed by atoms with E-state index in [2.05, 4.69) is 10.3 Å². The fourth-order valence-electron chi connectivity index (χ4n) is 2.58. The lowest BCUT2D eigenvalue weighted by molar-refractivity contribution is 0.102. The minimum atomic E-state index is -0.482. The van der Waals surface area contributed by atoms with Crippen molar-refractivity contribution < 1.29 is 18.0 Å². The molecule has 1 amide bonds. The molecule has 4 rings (SSSR count). The highest BCUT2D eigenvalue weighted by Crippen LogP contribution is 2.26. The van der Waals surface area contributed by atoms with Gasteiger partial charge in [-0.1, -0.05) is 12.1 Å². The molecule has 0 radical (unpaired) electrons. The number of anilines is 1. The van der Waals surface area contributed by atoms with Gasteiger partial charge in [0.25, 0.3) is 5.91 Å². The molecule has 0 saturated heterocycles. The highest BCUT2D eigenvalue weighted by Gasteiger charge is 2.11. The van der Waals surface area contributed by atoms with Crippen molar-refractivity contribution in [1.29, 1.82) is 0 Å². The number of benzene rings is 3. The number of nitrogens with zero attached hydrogens (tertiary/aromatic N) is 1. The monoisotopic (exact) mass is 350 g/mol. The average molecular weight is 350 g/mol. The van der Waals surface area contributed by atoms with Crippen LogP contribution in [0.15, 0.2) is 71.1 Å². The van der Waals surface area contributed by atoms with Crippen molar-refractivity contribution >= 4 is 22.7 Å². The molecule has 0 bridgehead atoms. The molecule has 1 N–H and O–H groups in total. The Morgan fingerprint density at radius 3 is 2.46 bits per heavy atom. The number of hydrogen-bond acceptors (Lipinski definition) is 3. The van der Waals surface area contributed by atoms with Crippen LogP contribution in [0.5, 0.6) is 0 Å². The van der Waals surface area contributed by atoms with Gasteiger partial charge >= 0.3 is 0 Å². The Labute approximate surface area is 147 Å². The van der Waals surface area contributed by atoms with Crippen molar-refractivity contribution in [3.8, 4) is 11.5 Å². The molecular weight excluding hydrogens is 338 g/mol. The van der Waals surface area contributed by atoms with Gasteiger partial charge in [0, 0.05) is 16.8 Å². The molecular formula is C20H12F2N2O2. The van der Waals surface area contributed by atoms with Crippen molar-refractivity contribution in [2.45, 2.75) is 0 Å². The zero-order valence-electron chi connectivity index (χ0n) is 13.4. The second-order valence-corrected chi connectivity index (χ2v) is 5.68. The van der Waals surface area contributed by atoms with Crippen molar-refractivity contribution in [3.05, 3.63) is 83.9 Å². The Morgan fingerprint density at radius 2 is 1.69 bits per heavy atom. The molecule has 4 nitrogen and oxygen atoms in total. The summed E-state index contributed by atoms with van der Waals surface area (Å²) in [6, 6.07) is 16.3. The van der Waals surface area contributed by atoms with Gasteiger partial charge in [-0.15, -0.1) is 0 Å². The number of carbonyl (C=O) groups is 1. The fourth-order valence-corrected chi connectivity index (χ4v) is 2.58. The summed E-state index contributed by atoms with van der Waals surface area (Å²) in [5.74, 6) is -1.01. The predicted molar refractivity (Wildman–Crippen MR) is 93.8 cm³/mol. The highest BCUT2D eigenvalue weighted by atomic mass is 19.1. The molecule has 3 aromatic carbocycles. The van der Waals surface area contributed by atoms with Gasteiger partial charge < -0.3 is 9.73 Å². The van der Waals surface area contributed by atoms with Crippen molar-refractivity contribution in [3.63, 3.8) is 0 Å². The van der Waals surface area contributed by atoms with Crippen molar-refractivity contribution in [1.82, 2.24) is 4.98 Å². The lowest BCUT2D eigenvalue weighted by Gasteiger charge is -2.04. The number of amides is 1. The molecule has 1 aromatic heterocycles. The molecule has 0 spiro atoms. The second kappa shape index (κ2) is 6.40. The van der Waals surface area contributed by atoms with E-state index < -0.39 is 11.7 Å². The molecule has 0 unspecified atom stereocenters. The van der Waals surface area contributed by atoms with Crippen LogP contribution in [-0.2, 0) is 0 Å². The van der Waals surface area contributed by atoms with Gasteiger partial charge in [0.05, 0.1) is 0 Å². The highest BCUT2D eigenvalue weighted by molar-refractivity contribution is 6.04. The summed E-state index contributed by atoms with van der Waals surface area (Å²) in [7, 11) is 0. The Balaban J connectivity index is 1.62. The van der Waals surface area contributed by atoms with Gasteiger partial charge in [-0.25, -0.2) is 13.8 Å². The van der Waals surface area contributed by atoms with Gasteiger partial charge in [0.2, 0.25) is 5.89 Å². The normalized spacial score (nSPS) is 10.8. The van der Waals surface area contributed by atoms with E-state index in [1.165, 1.54) is 30.3 Å². The first kappa shape index (κ1) is 16.0. The van der Waals surface area contributed by atoms with Crippen LogP contribution in [0.2, 0.25) is 0 Å². The van der Waals surface area contributed by atoms with E-state index in [9.17, 15) is 13.6 Å². The third kappa shape index (κ3) is 3.17. The first-order valence-corrected chi connectivity index (χ1v) is 7.82. The summed E-state index contributed by atoms with van der Waals surface area (Å²) >= 11 is 0. The smallest absolute Gasteiger partial charge is 0.255 e. The van der Waals surface area contributed by atoms with Crippen molar-refractivity contribution in [2.24, 2.45) is 0 Å². The lowest BCUT2D eigenvalue weighted by Crippen LogP contribution is -2.11. The van der Waals surface area contributed by atoms with E-state index in [-0.39, 0.29) is 17.3 Å². The molecule has 4 aromatic rings. The van der Waals surface area contributed by atoms with Gasteiger partial charge in [0.1, 0.15) is 17.2 Å². The van der Waals surface area contributed by atoms with Gasteiger partial charge in [0.15, 0.2) is 5.58 Å². The maximum absolute atomic E-state index is 13.4. The summed E-state index contributed by atoms with van der Waals surface area (Å²) in [6.07, 6.45) is 0. The summed E-state index contributed by atoms with van der Waals surface area (Å²) < 4.78 is 32.2. The average Bonchev–Trinajstić information content (AvgIpc) is 3.05. The summed E-state index contributed by atoms with van der Waals surface area (Å²) in [5, 5.41) is 2.69. The Hall–Kier alpha value is -3.54. The minimum Gasteiger partial charge on any atom is -0.436 e. The van der Waals surface area contributed by atoms with Gasteiger partial charge in [-0.3, -0.25) is 4.79 Å². The predicted octanol–water partition coefficient (Wildman–Crippen LogP) is 5.03. The molecule has 6 heteroatoms. The number of oxazole rings is 1. The SMILES string of the molecule is O=C(Nc1ccc2oc(-c3cccc(F)c3)nc2c1)c1cccc(F)c1. The Morgan fingerprint density at radius 1 is 0.923 bits per heavy atom. The molecule has 128 valence electrons. The molecule has 0 atom stereocenters. The van der Waals surface area contributed by atoms with E-state index in [0.29, 0.717) is 22.4 Å². The zero-order valence-corrected chi connectivity index (χ0v) is 13.4. The van der Waals surface area contributed by atoms with Crippen LogP contribution in [0, 0.1) is 11.6 Å². The molecule has 0 saturated carbocycles. The molecule has 0 aliphatic heterocycles. The van der Waals surface area contributed by atoms with E-state index >= 15 is 0 Å². The Kier molecular flexibility index (Phi) is 3.93. The van der Waals surface area contributed by atoms with Crippen LogP contribution in [0.3, 0.4) is 0 Å². The number of carbonyl (C=O) groups excluding carboxylic acids is 1. The fraction of sp³-hybridized carbons (Fsp3) is 0. The zero-order chi connectivity index (χ0) is 18.1. The lowest BCUT2D eigenvalue weighted by atomic mass is 10.2. The van der Waals surface area contributed by atoms with Crippen LogP contribution in [-0.4, -0.2) is 10.9 Å². The Bertz CT molecular complexity index is 1120. The van der Waals surface area contributed by atoms with Crippen LogP contribution in [0.25, 0.3) is 22.6 Å². The number of aromatic nitrogens is 1. The molecule has 1 heterocycles. The molecule has 0 fully saturated rings. The first-order valence-electron chi connectivity index (χ1n) is 7.82. The maximum atomic E-state index is 13.4. The van der Waals surface area contributed by atoms with Crippen molar-refractivity contribution in [2.75, 3.05) is 5.32 Å². The summed E-state index contributed by atoms with van der Waals surface area (Å²) in [6.45, 7) is 0. The van der Waals surface area contributed by atoms with E-state index in [1.54, 1.807) is 30.3 Å². The molecule has 0 aliphatic rings. The molecule has 0 aliphatic carbocycles. The number of hydrogen-bond donors (Lipinski definition) is 1. The largest absolute Gasteiger partial charge is 0.436 e. The van der Waals surface area contributed by atoms with Crippen LogP contribution in [0.1, 0.15) is 10.4 Å². The van der Waals surface area contributed by atoms with E-state index in [0.717, 1.165) is 6.07 Å². The quantitative estimate of drug-likeness (QED) is 0.564. The van der Waals surface area contributed by atoms with E-state index in [4.69, 9.17) is 4.42 Å². The number of fused-ring (bicyclic) bond motifs is 1. The van der Waals surface area contributed by atoms with Gasteiger partial charge in [-0.2, -0.15) is 0 Å². The summed E-state index contributed by atoms with van der Waals surface area (Å²) in [5.41, 5.74) is 2.25. The van der Waals surface area contributed by atoms with Crippen LogP contribution >= 0.6 is 0 Å². The molecule has 26 heavy (non-hydrogen) atoms. The number of nitrogens with one attached hydrogen (secondary N) is 1. The topological polar surface area (TPSA) is 55.1 Å². The van der Waals surface area contributed by atoms with Crippen LogP contribution < -0.4 is 5.32 Å². The maximum Gasteiger partial charge on any atom is 0.255 e.